The fraction of sp³-hybridized carbons (Fsp3) is 0.125. The number of nitrogens with zero attached hydrogens (tertiary/aromatic N) is 2. The van der Waals surface area contributed by atoms with E-state index in [0.29, 0.717) is 15.7 Å². The third-order valence-electron chi connectivity index (χ3n) is 1.60. The first-order valence-corrected chi connectivity index (χ1v) is 4.38. The van der Waals surface area contributed by atoms with E-state index in [0.717, 1.165) is 0 Å². The number of halogens is 1. The van der Waals surface area contributed by atoms with Gasteiger partial charge in [-0.2, -0.15) is 4.99 Å². The summed E-state index contributed by atoms with van der Waals surface area (Å²) in [6.45, 7) is 1.58. The molecule has 0 aliphatic carbocycles. The van der Waals surface area contributed by atoms with Gasteiger partial charge in [-0.1, -0.05) is 0 Å². The van der Waals surface area contributed by atoms with Crippen molar-refractivity contribution in [3.8, 4) is 0 Å². The van der Waals surface area contributed by atoms with E-state index in [4.69, 9.17) is 0 Å². The third kappa shape index (κ3) is 2.04. The van der Waals surface area contributed by atoms with Crippen molar-refractivity contribution < 1.29 is 9.72 Å². The zero-order valence-corrected chi connectivity index (χ0v) is 8.74. The summed E-state index contributed by atoms with van der Waals surface area (Å²) in [5.41, 5.74) is 0.767. The topological polar surface area (TPSA) is 72.6 Å². The molecular weight excluding hydrogens is 252 g/mol. The number of nitro groups is 1. The summed E-state index contributed by atoms with van der Waals surface area (Å²) in [6, 6.07) is 2.85. The van der Waals surface area contributed by atoms with Crippen LogP contribution in [0.2, 0.25) is 0 Å². The molecule has 1 aromatic rings. The van der Waals surface area contributed by atoms with Crippen molar-refractivity contribution in [3.63, 3.8) is 0 Å². The van der Waals surface area contributed by atoms with Crippen LogP contribution in [0.4, 0.5) is 11.4 Å². The molecule has 0 saturated heterocycles. The van der Waals surface area contributed by atoms with Crippen LogP contribution in [0, 0.1) is 17.0 Å². The predicted octanol–water partition coefficient (Wildman–Crippen LogP) is 2.63. The van der Waals surface area contributed by atoms with Crippen molar-refractivity contribution in [2.75, 3.05) is 0 Å². The molecule has 14 heavy (non-hydrogen) atoms. The number of isocyanates is 1. The van der Waals surface area contributed by atoms with Crippen molar-refractivity contribution >= 4 is 33.4 Å². The maximum Gasteiger partial charge on any atom is 0.286 e. The first-order chi connectivity index (χ1) is 6.56. The average molecular weight is 257 g/mol. The van der Waals surface area contributed by atoms with Gasteiger partial charge in [0.2, 0.25) is 6.08 Å². The first kappa shape index (κ1) is 10.6. The van der Waals surface area contributed by atoms with Crippen molar-refractivity contribution in [3.05, 3.63) is 32.3 Å². The number of rotatable bonds is 2. The largest absolute Gasteiger partial charge is 0.286 e. The molecule has 0 saturated carbocycles. The summed E-state index contributed by atoms with van der Waals surface area (Å²) >= 11 is 3.04. The second-order valence-electron chi connectivity index (χ2n) is 2.55. The molecule has 6 heteroatoms. The monoisotopic (exact) mass is 256 g/mol. The summed E-state index contributed by atoms with van der Waals surface area (Å²) in [5.74, 6) is 0. The number of aliphatic imine (C=N–C) groups is 1. The van der Waals surface area contributed by atoms with E-state index in [1.165, 1.54) is 18.2 Å². The van der Waals surface area contributed by atoms with E-state index in [1.807, 2.05) is 0 Å². The first-order valence-electron chi connectivity index (χ1n) is 3.58. The highest BCUT2D eigenvalue weighted by Crippen LogP contribution is 2.32. The fourth-order valence-electron chi connectivity index (χ4n) is 1.07. The van der Waals surface area contributed by atoms with Crippen LogP contribution in [-0.2, 0) is 4.79 Å². The van der Waals surface area contributed by atoms with Crippen LogP contribution < -0.4 is 0 Å². The summed E-state index contributed by atoms with van der Waals surface area (Å²) in [7, 11) is 0. The lowest BCUT2D eigenvalue weighted by atomic mass is 10.2. The van der Waals surface area contributed by atoms with Crippen LogP contribution >= 0.6 is 15.9 Å². The highest BCUT2D eigenvalue weighted by molar-refractivity contribution is 9.10. The fourth-order valence-corrected chi connectivity index (χ4v) is 1.76. The van der Waals surface area contributed by atoms with E-state index in [2.05, 4.69) is 20.9 Å². The maximum atomic E-state index is 10.6. The Labute approximate surface area is 87.7 Å². The van der Waals surface area contributed by atoms with Crippen LogP contribution in [0.1, 0.15) is 5.56 Å². The Balaban J connectivity index is 3.39. The van der Waals surface area contributed by atoms with Crippen molar-refractivity contribution in [1.82, 2.24) is 0 Å². The smallest absolute Gasteiger partial charge is 0.258 e. The van der Waals surface area contributed by atoms with Gasteiger partial charge in [-0.15, -0.1) is 0 Å². The summed E-state index contributed by atoms with van der Waals surface area (Å²) in [5, 5.41) is 10.6. The molecular formula is C8H5BrN2O3. The van der Waals surface area contributed by atoms with E-state index in [9.17, 15) is 14.9 Å². The van der Waals surface area contributed by atoms with Gasteiger partial charge >= 0.3 is 0 Å². The summed E-state index contributed by atoms with van der Waals surface area (Å²) in [4.78, 5) is 23.4. The molecule has 5 nitrogen and oxygen atoms in total. The minimum atomic E-state index is -0.492. The van der Waals surface area contributed by atoms with Gasteiger partial charge in [0.25, 0.3) is 5.69 Å². The zero-order valence-electron chi connectivity index (χ0n) is 7.15. The van der Waals surface area contributed by atoms with Crippen molar-refractivity contribution in [1.29, 1.82) is 0 Å². The van der Waals surface area contributed by atoms with Gasteiger partial charge in [0.1, 0.15) is 0 Å². The van der Waals surface area contributed by atoms with E-state index in [1.54, 1.807) is 6.92 Å². The number of carbonyl (C=O) groups excluding carboxylic acids is 1. The van der Waals surface area contributed by atoms with Gasteiger partial charge < -0.3 is 0 Å². The number of aryl methyl sites for hydroxylation is 1. The molecule has 0 N–H and O–H groups in total. The third-order valence-corrected chi connectivity index (χ3v) is 2.20. The van der Waals surface area contributed by atoms with Gasteiger partial charge in [0.15, 0.2) is 0 Å². The molecule has 0 aromatic heterocycles. The van der Waals surface area contributed by atoms with Gasteiger partial charge in [0, 0.05) is 5.56 Å². The van der Waals surface area contributed by atoms with Crippen LogP contribution in [-0.4, -0.2) is 11.0 Å². The molecule has 0 aliphatic rings. The quantitative estimate of drug-likeness (QED) is 0.354. The average Bonchev–Trinajstić information content (AvgIpc) is 2.01. The lowest BCUT2D eigenvalue weighted by molar-refractivity contribution is -0.386. The van der Waals surface area contributed by atoms with Gasteiger partial charge in [-0.25, -0.2) is 4.79 Å². The van der Waals surface area contributed by atoms with Crippen molar-refractivity contribution in [2.24, 2.45) is 4.99 Å². The predicted molar refractivity (Wildman–Crippen MR) is 53.3 cm³/mol. The molecule has 0 heterocycles. The summed E-state index contributed by atoms with van der Waals surface area (Å²) in [6.07, 6.45) is 1.37. The maximum absolute atomic E-state index is 10.6. The molecule has 0 unspecified atom stereocenters. The number of hydrogen-bond donors (Lipinski definition) is 0. The summed E-state index contributed by atoms with van der Waals surface area (Å²) < 4.78 is 0.302. The molecule has 0 bridgehead atoms. The standard InChI is InChI=1S/C8H5BrN2O3/c1-5-2-6(10-4-12)3-7(9)8(5)11(13)14/h2-3H,1H3. The minimum Gasteiger partial charge on any atom is -0.258 e. The van der Waals surface area contributed by atoms with E-state index < -0.39 is 4.92 Å². The number of benzene rings is 1. The number of hydrogen-bond acceptors (Lipinski definition) is 4. The van der Waals surface area contributed by atoms with E-state index >= 15 is 0 Å². The van der Waals surface area contributed by atoms with Gasteiger partial charge in [0.05, 0.1) is 15.1 Å². The molecule has 0 spiro atoms. The Bertz CT molecular complexity index is 415. The Hall–Kier alpha value is -1.52. The van der Waals surface area contributed by atoms with E-state index in [-0.39, 0.29) is 5.69 Å². The molecule has 0 fully saturated rings. The molecule has 0 radical (unpaired) electrons. The SMILES string of the molecule is Cc1cc(N=C=O)cc(Br)c1[N+](=O)[O-]. The molecule has 72 valence electrons. The second kappa shape index (κ2) is 4.13. The van der Waals surface area contributed by atoms with Crippen molar-refractivity contribution in [2.45, 2.75) is 6.92 Å². The van der Waals surface area contributed by atoms with Crippen LogP contribution in [0.3, 0.4) is 0 Å². The normalized spacial score (nSPS) is 9.29. The Morgan fingerprint density at radius 3 is 2.64 bits per heavy atom. The Morgan fingerprint density at radius 1 is 1.57 bits per heavy atom. The number of nitro benzene ring substituents is 1. The highest BCUT2D eigenvalue weighted by Gasteiger charge is 2.16. The van der Waals surface area contributed by atoms with Crippen LogP contribution in [0.5, 0.6) is 0 Å². The Kier molecular flexibility index (Phi) is 3.11. The molecule has 0 aliphatic heterocycles. The van der Waals surface area contributed by atoms with Crippen LogP contribution in [0.15, 0.2) is 21.6 Å². The second-order valence-corrected chi connectivity index (χ2v) is 3.41. The van der Waals surface area contributed by atoms with Gasteiger partial charge in [-0.05, 0) is 35.0 Å². The molecule has 1 rings (SSSR count). The molecule has 0 amide bonds. The Morgan fingerprint density at radius 2 is 2.21 bits per heavy atom. The lowest BCUT2D eigenvalue weighted by Crippen LogP contribution is -1.92. The molecule has 0 atom stereocenters. The highest BCUT2D eigenvalue weighted by atomic mass is 79.9. The minimum absolute atomic E-state index is 0.0187. The zero-order chi connectivity index (χ0) is 10.7. The van der Waals surface area contributed by atoms with Gasteiger partial charge in [-0.3, -0.25) is 10.1 Å². The lowest BCUT2D eigenvalue weighted by Gasteiger charge is -2.00. The molecule has 1 aromatic carbocycles. The van der Waals surface area contributed by atoms with Crippen LogP contribution in [0.25, 0.3) is 0 Å².